The van der Waals surface area contributed by atoms with Gasteiger partial charge >= 0.3 is 0 Å². The molecule has 0 aliphatic rings. The predicted molar refractivity (Wildman–Crippen MR) is 166 cm³/mol. The minimum atomic E-state index is -4.15. The van der Waals surface area contributed by atoms with Crippen LogP contribution in [0.25, 0.3) is 0 Å². The van der Waals surface area contributed by atoms with Crippen molar-refractivity contribution in [3.05, 3.63) is 93.5 Å². The normalized spacial score (nSPS) is 12.2. The summed E-state index contributed by atoms with van der Waals surface area (Å²) in [7, 11) is -4.15. The number of sulfonamides is 1. The van der Waals surface area contributed by atoms with Gasteiger partial charge in [-0.25, -0.2) is 8.42 Å². The molecule has 1 N–H and O–H groups in total. The third-order valence-corrected chi connectivity index (χ3v) is 9.06. The van der Waals surface area contributed by atoms with Gasteiger partial charge in [0, 0.05) is 22.6 Å². The van der Waals surface area contributed by atoms with Gasteiger partial charge in [-0.3, -0.25) is 13.9 Å². The smallest absolute Gasteiger partial charge is 0.264 e. The maximum atomic E-state index is 14.2. The second-order valence-corrected chi connectivity index (χ2v) is 12.9. The highest BCUT2D eigenvalue weighted by molar-refractivity contribution is 7.92. The fourth-order valence-corrected chi connectivity index (χ4v) is 6.46. The lowest BCUT2D eigenvalue weighted by Crippen LogP contribution is -2.53. The second-order valence-electron chi connectivity index (χ2n) is 10.2. The molecule has 3 aromatic rings. The number of hydrogen-bond acceptors (Lipinski definition) is 4. The van der Waals surface area contributed by atoms with Crippen LogP contribution in [-0.4, -0.2) is 43.8 Å². The van der Waals surface area contributed by atoms with E-state index in [9.17, 15) is 18.0 Å². The first-order chi connectivity index (χ1) is 19.4. The van der Waals surface area contributed by atoms with Gasteiger partial charge in [0.1, 0.15) is 12.6 Å². The van der Waals surface area contributed by atoms with Crippen LogP contribution >= 0.6 is 23.2 Å². The number of hydrogen-bond donors (Lipinski definition) is 1. The summed E-state index contributed by atoms with van der Waals surface area (Å²) in [6.45, 7) is 8.76. The summed E-state index contributed by atoms with van der Waals surface area (Å²) in [5.41, 5.74) is 2.68. The van der Waals surface area contributed by atoms with Crippen LogP contribution in [0.3, 0.4) is 0 Å². The van der Waals surface area contributed by atoms with Crippen LogP contribution in [0.1, 0.15) is 50.8 Å². The SMILES string of the molecule is CCc1ccccc1N(CC(=O)N(Cc1ccc(Cl)cc1Cl)C(CC)C(=O)NC(C)C)S(=O)(=O)c1ccc(C)cc1. The summed E-state index contributed by atoms with van der Waals surface area (Å²) in [6, 6.07) is 17.5. The number of carbonyl (C=O) groups is 2. The first kappa shape index (κ1) is 32.4. The Bertz CT molecular complexity index is 1480. The third kappa shape index (κ3) is 8.03. The number of amides is 2. The number of nitrogens with one attached hydrogen (secondary N) is 1. The molecule has 0 saturated carbocycles. The van der Waals surface area contributed by atoms with E-state index in [0.717, 1.165) is 15.4 Å². The quantitative estimate of drug-likeness (QED) is 0.255. The summed E-state index contributed by atoms with van der Waals surface area (Å²) in [5.74, 6) is -0.869. The van der Waals surface area contributed by atoms with Crippen LogP contribution in [0.2, 0.25) is 10.0 Å². The van der Waals surface area contributed by atoms with E-state index in [1.807, 2.05) is 46.8 Å². The molecule has 0 spiro atoms. The van der Waals surface area contributed by atoms with Crippen LogP contribution in [0, 0.1) is 6.92 Å². The van der Waals surface area contributed by atoms with Crippen LogP contribution in [0.15, 0.2) is 71.6 Å². The van der Waals surface area contributed by atoms with Crippen LogP contribution in [0.4, 0.5) is 5.69 Å². The number of halogens is 2. The Balaban J connectivity index is 2.12. The summed E-state index contributed by atoms with van der Waals surface area (Å²) in [6.07, 6.45) is 0.870. The monoisotopic (exact) mass is 617 g/mol. The minimum Gasteiger partial charge on any atom is -0.352 e. The van der Waals surface area contributed by atoms with E-state index in [1.165, 1.54) is 17.0 Å². The first-order valence-corrected chi connectivity index (χ1v) is 15.8. The Morgan fingerprint density at radius 1 is 0.927 bits per heavy atom. The van der Waals surface area contributed by atoms with E-state index in [1.54, 1.807) is 42.5 Å². The molecule has 0 saturated heterocycles. The van der Waals surface area contributed by atoms with Crippen molar-refractivity contribution < 1.29 is 18.0 Å². The number of benzene rings is 3. The highest BCUT2D eigenvalue weighted by atomic mass is 35.5. The third-order valence-electron chi connectivity index (χ3n) is 6.70. The van der Waals surface area contributed by atoms with Gasteiger partial charge in [-0.05, 0) is 75.1 Å². The molecular formula is C31H37Cl2N3O4S. The fraction of sp³-hybridized carbons (Fsp3) is 0.355. The minimum absolute atomic E-state index is 0.00724. The van der Waals surface area contributed by atoms with Crippen molar-refractivity contribution in [2.24, 2.45) is 0 Å². The van der Waals surface area contributed by atoms with Crippen molar-refractivity contribution in [1.29, 1.82) is 0 Å². The Morgan fingerprint density at radius 2 is 1.59 bits per heavy atom. The van der Waals surface area contributed by atoms with Crippen molar-refractivity contribution in [2.45, 2.75) is 71.0 Å². The highest BCUT2D eigenvalue weighted by Crippen LogP contribution is 2.29. The Hall–Kier alpha value is -3.07. The van der Waals surface area contributed by atoms with Gasteiger partial charge in [0.25, 0.3) is 10.0 Å². The van der Waals surface area contributed by atoms with E-state index >= 15 is 0 Å². The molecule has 220 valence electrons. The summed E-state index contributed by atoms with van der Waals surface area (Å²) >= 11 is 12.6. The number of nitrogens with zero attached hydrogens (tertiary/aromatic N) is 2. The van der Waals surface area contributed by atoms with Crippen molar-refractivity contribution >= 4 is 50.7 Å². The highest BCUT2D eigenvalue weighted by Gasteiger charge is 2.34. The van der Waals surface area contributed by atoms with Crippen LogP contribution < -0.4 is 9.62 Å². The van der Waals surface area contributed by atoms with Gasteiger partial charge in [-0.1, -0.05) is 79.0 Å². The van der Waals surface area contributed by atoms with Crippen molar-refractivity contribution in [3.8, 4) is 0 Å². The predicted octanol–water partition coefficient (Wildman–Crippen LogP) is 6.39. The number of rotatable bonds is 12. The van der Waals surface area contributed by atoms with Gasteiger partial charge in [0.2, 0.25) is 11.8 Å². The molecular weight excluding hydrogens is 581 g/mol. The standard InChI is InChI=1S/C31H37Cl2N3O4S/c1-6-23-10-8-9-11-29(23)36(41(39,40)26-16-12-22(5)13-17-26)20-30(37)35(28(7-2)31(38)34-21(3)4)19-24-14-15-25(32)18-27(24)33/h8-18,21,28H,6-7,19-20H2,1-5H3,(H,34,38). The molecule has 1 atom stereocenters. The second kappa shape index (κ2) is 14.2. The maximum absolute atomic E-state index is 14.2. The molecule has 0 aromatic heterocycles. The van der Waals surface area contributed by atoms with Gasteiger partial charge in [-0.15, -0.1) is 0 Å². The molecule has 0 bridgehead atoms. The number of anilines is 1. The summed E-state index contributed by atoms with van der Waals surface area (Å²) < 4.78 is 29.3. The average Bonchev–Trinajstić information content (AvgIpc) is 2.92. The number of aryl methyl sites for hydroxylation is 2. The summed E-state index contributed by atoms with van der Waals surface area (Å²) in [4.78, 5) is 28.9. The summed E-state index contributed by atoms with van der Waals surface area (Å²) in [5, 5.41) is 3.66. The van der Waals surface area contributed by atoms with Gasteiger partial charge in [0.05, 0.1) is 10.6 Å². The topological polar surface area (TPSA) is 86.8 Å². The maximum Gasteiger partial charge on any atom is 0.264 e. The van der Waals surface area contributed by atoms with Gasteiger partial charge in [-0.2, -0.15) is 0 Å². The zero-order chi connectivity index (χ0) is 30.3. The average molecular weight is 619 g/mol. The lowest BCUT2D eigenvalue weighted by atomic mass is 10.1. The molecule has 0 aliphatic heterocycles. The Morgan fingerprint density at radius 3 is 2.17 bits per heavy atom. The van der Waals surface area contributed by atoms with E-state index in [4.69, 9.17) is 23.2 Å². The molecule has 0 fully saturated rings. The van der Waals surface area contributed by atoms with Crippen molar-refractivity contribution in [1.82, 2.24) is 10.2 Å². The molecule has 1 unspecified atom stereocenters. The van der Waals surface area contributed by atoms with E-state index < -0.39 is 28.5 Å². The zero-order valence-corrected chi connectivity index (χ0v) is 26.4. The van der Waals surface area contributed by atoms with Gasteiger partial charge in [0.15, 0.2) is 0 Å². The molecule has 0 heterocycles. The van der Waals surface area contributed by atoms with E-state index in [2.05, 4.69) is 5.32 Å². The molecule has 3 rings (SSSR count). The molecule has 3 aromatic carbocycles. The Labute approximate surface area is 253 Å². The molecule has 7 nitrogen and oxygen atoms in total. The number of para-hydroxylation sites is 1. The molecule has 2 amide bonds. The largest absolute Gasteiger partial charge is 0.352 e. The molecule has 41 heavy (non-hydrogen) atoms. The van der Waals surface area contributed by atoms with E-state index in [-0.39, 0.29) is 23.4 Å². The molecule has 0 aliphatic carbocycles. The molecule has 0 radical (unpaired) electrons. The lowest BCUT2D eigenvalue weighted by molar-refractivity contribution is -0.140. The van der Waals surface area contributed by atoms with Crippen LogP contribution in [0.5, 0.6) is 0 Å². The molecule has 10 heteroatoms. The zero-order valence-electron chi connectivity index (χ0n) is 24.0. The first-order valence-electron chi connectivity index (χ1n) is 13.6. The fourth-order valence-electron chi connectivity index (χ4n) is 4.54. The van der Waals surface area contributed by atoms with Gasteiger partial charge < -0.3 is 10.2 Å². The van der Waals surface area contributed by atoms with E-state index in [0.29, 0.717) is 34.1 Å². The van der Waals surface area contributed by atoms with Crippen LogP contribution in [-0.2, 0) is 32.6 Å². The van der Waals surface area contributed by atoms with Crippen molar-refractivity contribution in [3.63, 3.8) is 0 Å². The van der Waals surface area contributed by atoms with Crippen molar-refractivity contribution in [2.75, 3.05) is 10.8 Å². The Kier molecular flexibility index (Phi) is 11.2. The lowest BCUT2D eigenvalue weighted by Gasteiger charge is -2.34. The number of carbonyl (C=O) groups excluding carboxylic acids is 2.